The van der Waals surface area contributed by atoms with Crippen LogP contribution in [0.2, 0.25) is 0 Å². The molecular formula is C23H30N2O10. The molecule has 12 nitrogen and oxygen atoms in total. The Morgan fingerprint density at radius 3 is 2.06 bits per heavy atom. The topological polar surface area (TPSA) is 206 Å². The average Bonchev–Trinajstić information content (AvgIpc) is 2.83. The molecule has 0 bridgehead atoms. The lowest BCUT2D eigenvalue weighted by Crippen LogP contribution is -2.39. The molecule has 0 spiro atoms. The Hall–Kier alpha value is -3.71. The van der Waals surface area contributed by atoms with Crippen LogP contribution >= 0.6 is 0 Å². The highest BCUT2D eigenvalue weighted by atomic mass is 16.5. The number of nitrogens with one attached hydrogen (secondary N) is 2. The summed E-state index contributed by atoms with van der Waals surface area (Å²) >= 11 is 0. The van der Waals surface area contributed by atoms with Crippen molar-refractivity contribution >= 4 is 24.0 Å². The van der Waals surface area contributed by atoms with Gasteiger partial charge in [0.2, 0.25) is 6.41 Å². The Morgan fingerprint density at radius 1 is 1.00 bits per heavy atom. The molecule has 0 heterocycles. The van der Waals surface area contributed by atoms with Gasteiger partial charge in [0.15, 0.2) is 12.2 Å². The van der Waals surface area contributed by atoms with Crippen LogP contribution in [0, 0.1) is 0 Å². The second-order valence-electron chi connectivity index (χ2n) is 7.48. The molecule has 2 aromatic rings. The maximum Gasteiger partial charge on any atom is 0.335 e. The van der Waals surface area contributed by atoms with Gasteiger partial charge in [0.1, 0.15) is 11.5 Å². The van der Waals surface area contributed by atoms with Crippen molar-refractivity contribution in [2.75, 3.05) is 19.0 Å². The number of carboxylic acid groups (broad SMARTS) is 2. The van der Waals surface area contributed by atoms with Gasteiger partial charge < -0.3 is 46.0 Å². The van der Waals surface area contributed by atoms with E-state index < -0.39 is 30.3 Å². The lowest BCUT2D eigenvalue weighted by atomic mass is 10.1. The number of ether oxygens (including phenoxy) is 1. The highest BCUT2D eigenvalue weighted by molar-refractivity contribution is 5.83. The summed E-state index contributed by atoms with van der Waals surface area (Å²) in [7, 11) is 1.64. The van der Waals surface area contributed by atoms with Crippen molar-refractivity contribution in [3.8, 4) is 11.5 Å². The van der Waals surface area contributed by atoms with Gasteiger partial charge in [-0.25, -0.2) is 9.59 Å². The molecule has 0 fully saturated rings. The maximum atomic E-state index is 10.5. The van der Waals surface area contributed by atoms with Gasteiger partial charge in [-0.3, -0.25) is 4.79 Å². The van der Waals surface area contributed by atoms with E-state index in [1.807, 2.05) is 31.2 Å². The molecule has 4 atom stereocenters. The van der Waals surface area contributed by atoms with Crippen LogP contribution in [0.5, 0.6) is 11.5 Å². The van der Waals surface area contributed by atoms with Gasteiger partial charge in [0, 0.05) is 12.6 Å². The zero-order valence-electron chi connectivity index (χ0n) is 19.2. The Bertz CT molecular complexity index is 949. The van der Waals surface area contributed by atoms with E-state index in [9.17, 15) is 24.6 Å². The minimum atomic E-state index is -2.27. The Kier molecular flexibility index (Phi) is 12.2. The number of carbonyl (C=O) groups excluding carboxylic acids is 1. The fraction of sp³-hybridized carbons (Fsp3) is 0.348. The number of phenolic OH excluding ortho intramolecular Hbond substituents is 1. The highest BCUT2D eigenvalue weighted by Crippen LogP contribution is 2.26. The molecule has 2 aromatic carbocycles. The first-order valence-corrected chi connectivity index (χ1v) is 10.4. The number of methoxy groups -OCH3 is 1. The molecule has 0 saturated carbocycles. The normalized spacial score (nSPS) is 13.9. The van der Waals surface area contributed by atoms with Gasteiger partial charge in [0.05, 0.1) is 18.9 Å². The fourth-order valence-electron chi connectivity index (χ4n) is 2.83. The number of phenols is 1. The number of aromatic hydroxyl groups is 1. The van der Waals surface area contributed by atoms with E-state index in [0.717, 1.165) is 12.2 Å². The van der Waals surface area contributed by atoms with Crippen molar-refractivity contribution in [3.63, 3.8) is 0 Å². The molecule has 12 heteroatoms. The van der Waals surface area contributed by atoms with Crippen LogP contribution in [-0.2, 0) is 20.8 Å². The second kappa shape index (κ2) is 14.5. The molecule has 0 aromatic heterocycles. The van der Waals surface area contributed by atoms with E-state index in [1.165, 1.54) is 11.6 Å². The van der Waals surface area contributed by atoms with Gasteiger partial charge >= 0.3 is 11.9 Å². The van der Waals surface area contributed by atoms with Gasteiger partial charge in [-0.15, -0.1) is 0 Å². The maximum absolute atomic E-state index is 10.5. The molecule has 0 aliphatic rings. The molecular weight excluding hydrogens is 464 g/mol. The number of carboxylic acids is 2. The van der Waals surface area contributed by atoms with Crippen LogP contribution in [0.25, 0.3) is 0 Å². The zero-order valence-corrected chi connectivity index (χ0v) is 19.2. The first-order valence-electron chi connectivity index (χ1n) is 10.4. The first kappa shape index (κ1) is 29.3. The van der Waals surface area contributed by atoms with Crippen molar-refractivity contribution in [2.45, 2.75) is 37.7 Å². The van der Waals surface area contributed by atoms with Crippen molar-refractivity contribution in [1.29, 1.82) is 0 Å². The number of aliphatic carboxylic acids is 2. The summed E-state index contributed by atoms with van der Waals surface area (Å²) in [6.45, 7) is 2.41. The highest BCUT2D eigenvalue weighted by Gasteiger charge is 2.29. The molecule has 192 valence electrons. The van der Waals surface area contributed by atoms with Crippen LogP contribution in [0.15, 0.2) is 42.5 Å². The number of benzene rings is 2. The molecule has 0 radical (unpaired) electrons. The number of hydrogen-bond acceptors (Lipinski definition) is 9. The lowest BCUT2D eigenvalue weighted by Gasteiger charge is -2.18. The Morgan fingerprint density at radius 2 is 1.57 bits per heavy atom. The minimum Gasteiger partial charge on any atom is -0.506 e. The van der Waals surface area contributed by atoms with Crippen LogP contribution in [0.4, 0.5) is 5.69 Å². The summed E-state index contributed by atoms with van der Waals surface area (Å²) in [4.78, 5) is 30.1. The predicted molar refractivity (Wildman–Crippen MR) is 124 cm³/mol. The second-order valence-corrected chi connectivity index (χ2v) is 7.48. The Labute approximate surface area is 201 Å². The predicted octanol–water partition coefficient (Wildman–Crippen LogP) is 0.101. The van der Waals surface area contributed by atoms with E-state index in [2.05, 4.69) is 10.6 Å². The molecule has 8 N–H and O–H groups in total. The quantitative estimate of drug-likeness (QED) is 0.147. The fourth-order valence-corrected chi connectivity index (χ4v) is 2.83. The number of anilines is 1. The third kappa shape index (κ3) is 9.98. The SMILES string of the molecule is COc1ccc(C[C@@H](C)NC[C@H](O)c2ccc(O)c(NC=O)c2)cc1.O=C(O)C(O)C(O)C(=O)O. The molecule has 2 rings (SSSR count). The summed E-state index contributed by atoms with van der Waals surface area (Å²) in [5.41, 5.74) is 2.07. The van der Waals surface area contributed by atoms with E-state index in [-0.39, 0.29) is 17.5 Å². The van der Waals surface area contributed by atoms with E-state index in [4.69, 9.17) is 25.2 Å². The van der Waals surface area contributed by atoms with Crippen molar-refractivity contribution < 1.29 is 49.8 Å². The summed E-state index contributed by atoms with van der Waals surface area (Å²) in [5.74, 6) is -2.75. The monoisotopic (exact) mass is 494 g/mol. The van der Waals surface area contributed by atoms with E-state index in [1.54, 1.807) is 19.2 Å². The molecule has 0 aliphatic carbocycles. The molecule has 2 unspecified atom stereocenters. The van der Waals surface area contributed by atoms with Gasteiger partial charge in [-0.05, 0) is 48.7 Å². The van der Waals surface area contributed by atoms with Crippen LogP contribution in [0.1, 0.15) is 24.2 Å². The number of aliphatic hydroxyl groups excluding tert-OH is 3. The summed E-state index contributed by atoms with van der Waals surface area (Å²) < 4.78 is 5.14. The summed E-state index contributed by atoms with van der Waals surface area (Å²) in [6.07, 6.45) is -3.97. The molecule has 35 heavy (non-hydrogen) atoms. The number of amides is 1. The van der Waals surface area contributed by atoms with Gasteiger partial charge in [-0.2, -0.15) is 0 Å². The number of rotatable bonds is 12. The van der Waals surface area contributed by atoms with Crippen molar-refractivity contribution in [2.24, 2.45) is 0 Å². The summed E-state index contributed by atoms with van der Waals surface area (Å²) in [5, 5.41) is 58.2. The average molecular weight is 494 g/mol. The van der Waals surface area contributed by atoms with Crippen molar-refractivity contribution in [1.82, 2.24) is 5.32 Å². The minimum absolute atomic E-state index is 0.0381. The standard InChI is InChI=1S/C19H24N2O4.C4H6O6/c1-13(9-14-3-6-16(25-2)7-4-14)20-11-19(24)15-5-8-18(23)17(10-15)21-12-22;5-1(3(7)8)2(6)4(9)10/h3-8,10,12-13,19-20,23-24H,9,11H2,1-2H3,(H,21,22);1-2,5-6H,(H,7,8)(H,9,10)/t13-,19+;/m1./s1. The number of carbonyl (C=O) groups is 3. The third-order valence-corrected chi connectivity index (χ3v) is 4.79. The van der Waals surface area contributed by atoms with Crippen LogP contribution in [0.3, 0.4) is 0 Å². The van der Waals surface area contributed by atoms with Gasteiger partial charge in [-0.1, -0.05) is 18.2 Å². The van der Waals surface area contributed by atoms with E-state index in [0.29, 0.717) is 18.5 Å². The van der Waals surface area contributed by atoms with Gasteiger partial charge in [0.25, 0.3) is 0 Å². The van der Waals surface area contributed by atoms with Crippen LogP contribution in [-0.4, -0.2) is 80.9 Å². The van der Waals surface area contributed by atoms with Crippen molar-refractivity contribution in [3.05, 3.63) is 53.6 Å². The van der Waals surface area contributed by atoms with E-state index >= 15 is 0 Å². The Balaban J connectivity index is 0.000000518. The summed E-state index contributed by atoms with van der Waals surface area (Å²) in [6, 6.07) is 12.7. The van der Waals surface area contributed by atoms with Crippen LogP contribution < -0.4 is 15.4 Å². The lowest BCUT2D eigenvalue weighted by molar-refractivity contribution is -0.165. The third-order valence-electron chi connectivity index (χ3n) is 4.79. The number of hydrogen-bond donors (Lipinski definition) is 8. The molecule has 0 aliphatic heterocycles. The molecule has 1 amide bonds. The smallest absolute Gasteiger partial charge is 0.335 e. The zero-order chi connectivity index (χ0) is 26.5. The first-order chi connectivity index (χ1) is 16.5. The number of aliphatic hydroxyl groups is 3. The largest absolute Gasteiger partial charge is 0.506 e. The molecule has 0 saturated heterocycles.